The summed E-state index contributed by atoms with van der Waals surface area (Å²) >= 11 is 6.49. The highest BCUT2D eigenvalue weighted by molar-refractivity contribution is 6.33. The lowest BCUT2D eigenvalue weighted by molar-refractivity contribution is -0.314. The number of carbonyl (C=O) groups excluding carboxylic acids is 1. The highest BCUT2D eigenvalue weighted by Gasteiger charge is 2.56. The van der Waals surface area contributed by atoms with Gasteiger partial charge < -0.3 is 15.1 Å². The normalized spacial score (nSPS) is 19.1. The van der Waals surface area contributed by atoms with E-state index in [1.54, 1.807) is 24.7 Å². The molecule has 0 radical (unpaired) electrons. The smallest absolute Gasteiger partial charge is 0.317 e. The molecule has 2 aliphatic rings. The minimum atomic E-state index is -3.83. The van der Waals surface area contributed by atoms with Gasteiger partial charge in [-0.1, -0.05) is 17.7 Å². The van der Waals surface area contributed by atoms with E-state index in [-0.39, 0.29) is 17.1 Å². The minimum absolute atomic E-state index is 0.139. The molecule has 3 heterocycles. The van der Waals surface area contributed by atoms with Gasteiger partial charge in [-0.2, -0.15) is 8.78 Å². The molecule has 1 amide bonds. The van der Waals surface area contributed by atoms with E-state index < -0.39 is 30.6 Å². The van der Waals surface area contributed by atoms with E-state index in [9.17, 15) is 23.8 Å². The van der Waals surface area contributed by atoms with Crippen LogP contribution < -0.4 is 0 Å². The third-order valence-corrected chi connectivity index (χ3v) is 6.68. The molecule has 1 saturated heterocycles. The summed E-state index contributed by atoms with van der Waals surface area (Å²) in [4.78, 5) is 22.5. The van der Waals surface area contributed by atoms with Crippen LogP contribution in [0.15, 0.2) is 55.0 Å². The quantitative estimate of drug-likeness (QED) is 0.531. The lowest BCUT2D eigenvalue weighted by Crippen LogP contribution is -2.61. The Morgan fingerprint density at radius 2 is 1.82 bits per heavy atom. The second kappa shape index (κ2) is 8.37. The van der Waals surface area contributed by atoms with Crippen molar-refractivity contribution in [3.05, 3.63) is 71.3 Å². The zero-order chi connectivity index (χ0) is 24.1. The molecule has 34 heavy (non-hydrogen) atoms. The first kappa shape index (κ1) is 22.8. The molecule has 176 valence electrons. The van der Waals surface area contributed by atoms with Crippen molar-refractivity contribution in [2.24, 2.45) is 0 Å². The third kappa shape index (κ3) is 4.29. The molecule has 6 nitrogen and oxygen atoms in total. The van der Waals surface area contributed by atoms with Crippen LogP contribution >= 0.6 is 11.6 Å². The van der Waals surface area contributed by atoms with Crippen LogP contribution in [0.2, 0.25) is 5.02 Å². The van der Waals surface area contributed by atoms with Gasteiger partial charge in [0.1, 0.15) is 0 Å². The first-order chi connectivity index (χ1) is 16.1. The van der Waals surface area contributed by atoms with Gasteiger partial charge in [-0.25, -0.2) is 0 Å². The van der Waals surface area contributed by atoms with E-state index in [0.29, 0.717) is 11.5 Å². The molecule has 2 N–H and O–H groups in total. The van der Waals surface area contributed by atoms with Crippen molar-refractivity contribution in [3.8, 4) is 22.3 Å². The van der Waals surface area contributed by atoms with Crippen molar-refractivity contribution >= 4 is 17.5 Å². The molecule has 0 spiro atoms. The molecular formula is C25H22ClF2N3O3. The largest absolute Gasteiger partial charge is 0.361 e. The number of hydrogen-bond acceptors (Lipinski definition) is 5. The standard InChI is InChI=1S/C25H22ClF2N3O3/c26-21-10-17(23(32)31-8-6-25(33,34)24(27,28)14-31)3-4-20(21)19-9-18(12-29-13-19)16-5-7-30-22(11-16)15-1-2-15/h3-5,7,9-13,15,33-34H,1-2,6,8,14H2. The number of halogens is 3. The third-order valence-electron chi connectivity index (χ3n) is 6.37. The predicted octanol–water partition coefficient (Wildman–Crippen LogP) is 4.50. The number of aliphatic hydroxyl groups is 2. The summed E-state index contributed by atoms with van der Waals surface area (Å²) in [5.41, 5.74) is 4.53. The molecular weight excluding hydrogens is 464 g/mol. The second-order valence-electron chi connectivity index (χ2n) is 8.90. The van der Waals surface area contributed by atoms with Crippen LogP contribution in [-0.4, -0.2) is 55.8 Å². The Bertz CT molecular complexity index is 1260. The number of hydrogen-bond donors (Lipinski definition) is 2. The molecule has 0 bridgehead atoms. The molecule has 1 aromatic carbocycles. The maximum atomic E-state index is 14.0. The summed E-state index contributed by atoms with van der Waals surface area (Å²) in [6.07, 6.45) is 6.90. The SMILES string of the molecule is O=C(c1ccc(-c2cncc(-c3ccnc(C4CC4)c3)c2)c(Cl)c1)N1CCC(O)(O)C(F)(F)C1. The van der Waals surface area contributed by atoms with Gasteiger partial charge in [0.25, 0.3) is 5.91 Å². The fourth-order valence-electron chi connectivity index (χ4n) is 4.13. The van der Waals surface area contributed by atoms with Crippen LogP contribution in [-0.2, 0) is 0 Å². The lowest BCUT2D eigenvalue weighted by Gasteiger charge is -2.40. The van der Waals surface area contributed by atoms with Gasteiger partial charge in [-0.15, -0.1) is 0 Å². The first-order valence-electron chi connectivity index (χ1n) is 11.0. The number of aromatic nitrogens is 2. The van der Waals surface area contributed by atoms with Gasteiger partial charge in [-0.3, -0.25) is 14.8 Å². The van der Waals surface area contributed by atoms with Gasteiger partial charge in [0.15, 0.2) is 0 Å². The summed E-state index contributed by atoms with van der Waals surface area (Å²) in [5.74, 6) is -7.08. The average Bonchev–Trinajstić information content (AvgIpc) is 3.66. The van der Waals surface area contributed by atoms with Gasteiger partial charge >= 0.3 is 5.92 Å². The van der Waals surface area contributed by atoms with Crippen LogP contribution in [0.25, 0.3) is 22.3 Å². The van der Waals surface area contributed by atoms with Crippen molar-refractivity contribution in [1.29, 1.82) is 0 Å². The number of piperidine rings is 1. The first-order valence-corrected chi connectivity index (χ1v) is 11.4. The van der Waals surface area contributed by atoms with Crippen LogP contribution in [0.4, 0.5) is 8.78 Å². The van der Waals surface area contributed by atoms with Crippen molar-refractivity contribution in [3.63, 3.8) is 0 Å². The fourth-order valence-corrected chi connectivity index (χ4v) is 4.42. The highest BCUT2D eigenvalue weighted by Crippen LogP contribution is 2.40. The summed E-state index contributed by atoms with van der Waals surface area (Å²) in [6, 6.07) is 10.6. The molecule has 1 aliphatic heterocycles. The van der Waals surface area contributed by atoms with Gasteiger partial charge in [0.05, 0.1) is 6.54 Å². The van der Waals surface area contributed by atoms with E-state index in [2.05, 4.69) is 16.0 Å². The van der Waals surface area contributed by atoms with E-state index in [0.717, 1.165) is 40.1 Å². The molecule has 3 aromatic rings. The zero-order valence-corrected chi connectivity index (χ0v) is 18.8. The molecule has 1 aliphatic carbocycles. The van der Waals surface area contributed by atoms with Gasteiger partial charge in [0.2, 0.25) is 5.79 Å². The Kier molecular flexibility index (Phi) is 5.62. The number of likely N-dealkylation sites (tertiary alicyclic amines) is 1. The minimum Gasteiger partial charge on any atom is -0.361 e. The number of amides is 1. The van der Waals surface area contributed by atoms with E-state index in [1.807, 2.05) is 12.1 Å². The molecule has 1 saturated carbocycles. The maximum absolute atomic E-state index is 14.0. The zero-order valence-electron chi connectivity index (χ0n) is 18.1. The topological polar surface area (TPSA) is 86.6 Å². The monoisotopic (exact) mass is 485 g/mol. The average molecular weight is 486 g/mol. The van der Waals surface area contributed by atoms with E-state index in [4.69, 9.17) is 11.6 Å². The number of pyridine rings is 2. The molecule has 9 heteroatoms. The Balaban J connectivity index is 1.39. The Labute approximate surface area is 199 Å². The van der Waals surface area contributed by atoms with Crippen molar-refractivity contribution < 1.29 is 23.8 Å². The molecule has 5 rings (SSSR count). The van der Waals surface area contributed by atoms with E-state index >= 15 is 0 Å². The van der Waals surface area contributed by atoms with Crippen LogP contribution in [0.3, 0.4) is 0 Å². The Hall–Kier alpha value is -2.94. The molecule has 0 atom stereocenters. The maximum Gasteiger partial charge on any atom is 0.317 e. The Morgan fingerprint density at radius 3 is 2.53 bits per heavy atom. The summed E-state index contributed by atoms with van der Waals surface area (Å²) < 4.78 is 28.0. The lowest BCUT2D eigenvalue weighted by atomic mass is 9.98. The van der Waals surface area contributed by atoms with Crippen LogP contribution in [0.1, 0.15) is 41.2 Å². The van der Waals surface area contributed by atoms with Crippen LogP contribution in [0.5, 0.6) is 0 Å². The summed E-state index contributed by atoms with van der Waals surface area (Å²) in [5, 5.41) is 19.2. The number of carbonyl (C=O) groups is 1. The summed E-state index contributed by atoms with van der Waals surface area (Å²) in [7, 11) is 0. The van der Waals surface area contributed by atoms with Crippen molar-refractivity contribution in [2.45, 2.75) is 36.9 Å². The number of nitrogens with zero attached hydrogens (tertiary/aromatic N) is 3. The van der Waals surface area contributed by atoms with Crippen molar-refractivity contribution in [1.82, 2.24) is 14.9 Å². The summed E-state index contributed by atoms with van der Waals surface area (Å²) in [6.45, 7) is -1.29. The predicted molar refractivity (Wildman–Crippen MR) is 123 cm³/mol. The van der Waals surface area contributed by atoms with Crippen molar-refractivity contribution in [2.75, 3.05) is 13.1 Å². The van der Waals surface area contributed by atoms with Gasteiger partial charge in [0, 0.05) is 70.4 Å². The number of alkyl halides is 2. The molecule has 2 aromatic heterocycles. The van der Waals surface area contributed by atoms with Gasteiger partial charge in [-0.05, 0) is 48.7 Å². The molecule has 2 fully saturated rings. The Morgan fingerprint density at radius 1 is 1.06 bits per heavy atom. The van der Waals surface area contributed by atoms with E-state index in [1.165, 1.54) is 12.1 Å². The molecule has 0 unspecified atom stereocenters. The fraction of sp³-hybridized carbons (Fsp3) is 0.320. The number of benzene rings is 1. The second-order valence-corrected chi connectivity index (χ2v) is 9.31. The number of rotatable bonds is 4. The van der Waals surface area contributed by atoms with Crippen LogP contribution in [0, 0.1) is 0 Å². The highest BCUT2D eigenvalue weighted by atomic mass is 35.5.